The Morgan fingerprint density at radius 1 is 1.18 bits per heavy atom. The van der Waals surface area contributed by atoms with Crippen molar-refractivity contribution in [1.29, 1.82) is 0 Å². The number of para-hydroxylation sites is 1. The first kappa shape index (κ1) is 11.7. The van der Waals surface area contributed by atoms with Gasteiger partial charge in [0, 0.05) is 13.1 Å². The maximum absolute atomic E-state index is 11.9. The van der Waals surface area contributed by atoms with Crippen molar-refractivity contribution in [2.75, 3.05) is 13.1 Å². The standard InChI is InChI=1S/C14H17NO2/c1-11-8-9-15(10-12(11)2)14(16)17-13-6-4-3-5-7-13/h3-7H,8-10H2,1-2H3. The van der Waals surface area contributed by atoms with Gasteiger partial charge in [-0.3, -0.25) is 0 Å². The van der Waals surface area contributed by atoms with Gasteiger partial charge in [0.15, 0.2) is 0 Å². The number of benzene rings is 1. The van der Waals surface area contributed by atoms with Gasteiger partial charge in [0.25, 0.3) is 0 Å². The van der Waals surface area contributed by atoms with E-state index < -0.39 is 0 Å². The largest absolute Gasteiger partial charge is 0.415 e. The Bertz CT molecular complexity index is 437. The third kappa shape index (κ3) is 2.87. The molecule has 0 unspecified atom stereocenters. The van der Waals surface area contributed by atoms with Crippen LogP contribution in [-0.4, -0.2) is 24.1 Å². The molecule has 1 aromatic rings. The van der Waals surface area contributed by atoms with Gasteiger partial charge in [-0.2, -0.15) is 0 Å². The van der Waals surface area contributed by atoms with E-state index in [4.69, 9.17) is 4.74 Å². The summed E-state index contributed by atoms with van der Waals surface area (Å²) in [6.45, 7) is 5.61. The van der Waals surface area contributed by atoms with Crippen molar-refractivity contribution in [3.8, 4) is 5.75 Å². The molecule has 0 spiro atoms. The smallest absolute Gasteiger partial charge is 0.410 e. The fraction of sp³-hybridized carbons (Fsp3) is 0.357. The molecule has 0 aliphatic carbocycles. The lowest BCUT2D eigenvalue weighted by atomic mass is 10.0. The van der Waals surface area contributed by atoms with E-state index in [9.17, 15) is 4.79 Å². The molecule has 0 bridgehead atoms. The van der Waals surface area contributed by atoms with Gasteiger partial charge in [-0.25, -0.2) is 4.79 Å². The Kier molecular flexibility index (Phi) is 3.47. The summed E-state index contributed by atoms with van der Waals surface area (Å²) in [6, 6.07) is 9.18. The number of carbonyl (C=O) groups is 1. The fourth-order valence-corrected chi connectivity index (χ4v) is 1.83. The van der Waals surface area contributed by atoms with Gasteiger partial charge < -0.3 is 9.64 Å². The third-order valence-electron chi connectivity index (χ3n) is 3.12. The Morgan fingerprint density at radius 3 is 2.53 bits per heavy atom. The van der Waals surface area contributed by atoms with Crippen LogP contribution in [0.2, 0.25) is 0 Å². The average Bonchev–Trinajstić information content (AvgIpc) is 2.34. The minimum absolute atomic E-state index is 0.261. The molecule has 3 heteroatoms. The summed E-state index contributed by atoms with van der Waals surface area (Å²) in [7, 11) is 0. The van der Waals surface area contributed by atoms with Crippen LogP contribution in [0.5, 0.6) is 5.75 Å². The third-order valence-corrected chi connectivity index (χ3v) is 3.12. The second-order valence-corrected chi connectivity index (χ2v) is 4.41. The predicted octanol–water partition coefficient (Wildman–Crippen LogP) is 3.23. The number of hydrogen-bond donors (Lipinski definition) is 0. The van der Waals surface area contributed by atoms with E-state index in [1.807, 2.05) is 18.2 Å². The molecule has 1 aliphatic heterocycles. The van der Waals surface area contributed by atoms with Crippen molar-refractivity contribution >= 4 is 6.09 Å². The Hall–Kier alpha value is -1.77. The number of carbonyl (C=O) groups excluding carboxylic acids is 1. The van der Waals surface area contributed by atoms with Crippen LogP contribution >= 0.6 is 0 Å². The molecule has 3 nitrogen and oxygen atoms in total. The van der Waals surface area contributed by atoms with Gasteiger partial charge in [-0.15, -0.1) is 0 Å². The minimum Gasteiger partial charge on any atom is -0.410 e. The van der Waals surface area contributed by atoms with Gasteiger partial charge in [0.2, 0.25) is 0 Å². The van der Waals surface area contributed by atoms with Crippen molar-refractivity contribution in [3.63, 3.8) is 0 Å². The zero-order valence-electron chi connectivity index (χ0n) is 10.3. The van der Waals surface area contributed by atoms with Crippen LogP contribution in [0.4, 0.5) is 4.79 Å². The molecule has 0 fully saturated rings. The van der Waals surface area contributed by atoms with Crippen molar-refractivity contribution in [3.05, 3.63) is 41.5 Å². The summed E-state index contributed by atoms with van der Waals surface area (Å²) in [4.78, 5) is 13.6. The highest BCUT2D eigenvalue weighted by Gasteiger charge is 2.20. The van der Waals surface area contributed by atoms with E-state index in [0.29, 0.717) is 12.3 Å². The molecule has 0 radical (unpaired) electrons. The van der Waals surface area contributed by atoms with Crippen LogP contribution in [0, 0.1) is 0 Å². The summed E-state index contributed by atoms with van der Waals surface area (Å²) in [5, 5.41) is 0. The topological polar surface area (TPSA) is 29.5 Å². The van der Waals surface area contributed by atoms with E-state index in [2.05, 4.69) is 13.8 Å². The van der Waals surface area contributed by atoms with Crippen molar-refractivity contribution in [2.24, 2.45) is 0 Å². The summed E-state index contributed by atoms with van der Waals surface area (Å²) in [6.07, 6.45) is 0.679. The molecule has 1 aliphatic rings. The minimum atomic E-state index is -0.261. The summed E-state index contributed by atoms with van der Waals surface area (Å²) < 4.78 is 5.30. The molecule has 90 valence electrons. The number of amides is 1. The van der Waals surface area contributed by atoms with Crippen LogP contribution < -0.4 is 4.74 Å². The number of rotatable bonds is 1. The van der Waals surface area contributed by atoms with Gasteiger partial charge in [0.1, 0.15) is 5.75 Å². The lowest BCUT2D eigenvalue weighted by Crippen LogP contribution is -2.38. The van der Waals surface area contributed by atoms with E-state index in [-0.39, 0.29) is 6.09 Å². The second-order valence-electron chi connectivity index (χ2n) is 4.41. The van der Waals surface area contributed by atoms with Crippen LogP contribution in [0.1, 0.15) is 20.3 Å². The highest BCUT2D eigenvalue weighted by Crippen LogP contribution is 2.18. The highest BCUT2D eigenvalue weighted by molar-refractivity contribution is 5.71. The van der Waals surface area contributed by atoms with Crippen LogP contribution in [-0.2, 0) is 0 Å². The Morgan fingerprint density at radius 2 is 1.88 bits per heavy atom. The van der Waals surface area contributed by atoms with E-state index in [1.165, 1.54) is 11.1 Å². The Labute approximate surface area is 102 Å². The highest BCUT2D eigenvalue weighted by atomic mass is 16.6. The molecule has 0 aromatic heterocycles. The molecule has 1 aromatic carbocycles. The number of nitrogens with zero attached hydrogens (tertiary/aromatic N) is 1. The Balaban J connectivity index is 1.98. The molecule has 2 rings (SSSR count). The first-order chi connectivity index (χ1) is 8.16. The lowest BCUT2D eigenvalue weighted by molar-refractivity contribution is 0.154. The maximum Gasteiger partial charge on any atom is 0.415 e. The molecule has 0 N–H and O–H groups in total. The van der Waals surface area contributed by atoms with Crippen LogP contribution in [0.25, 0.3) is 0 Å². The first-order valence-corrected chi connectivity index (χ1v) is 5.84. The first-order valence-electron chi connectivity index (χ1n) is 5.84. The molecule has 1 heterocycles. The SMILES string of the molecule is CC1=C(C)CN(C(=O)Oc2ccccc2)CC1. The number of ether oxygens (including phenoxy) is 1. The van der Waals surface area contributed by atoms with E-state index in [1.54, 1.807) is 17.0 Å². The van der Waals surface area contributed by atoms with Crippen LogP contribution in [0.3, 0.4) is 0 Å². The van der Waals surface area contributed by atoms with E-state index in [0.717, 1.165) is 13.0 Å². The fourth-order valence-electron chi connectivity index (χ4n) is 1.83. The number of hydrogen-bond acceptors (Lipinski definition) is 2. The molecule has 0 atom stereocenters. The summed E-state index contributed by atoms with van der Waals surface area (Å²) in [5.74, 6) is 0.599. The predicted molar refractivity (Wildman–Crippen MR) is 67.0 cm³/mol. The van der Waals surface area contributed by atoms with Gasteiger partial charge in [-0.05, 0) is 32.4 Å². The van der Waals surface area contributed by atoms with Gasteiger partial charge in [0.05, 0.1) is 0 Å². The van der Waals surface area contributed by atoms with E-state index >= 15 is 0 Å². The quantitative estimate of drug-likeness (QED) is 0.694. The summed E-state index contributed by atoms with van der Waals surface area (Å²) >= 11 is 0. The molecular formula is C14H17NO2. The molecular weight excluding hydrogens is 214 g/mol. The molecule has 17 heavy (non-hydrogen) atoms. The lowest BCUT2D eigenvalue weighted by Gasteiger charge is -2.27. The van der Waals surface area contributed by atoms with Gasteiger partial charge in [-0.1, -0.05) is 29.3 Å². The van der Waals surface area contributed by atoms with Crippen LogP contribution in [0.15, 0.2) is 41.5 Å². The molecule has 0 saturated heterocycles. The maximum atomic E-state index is 11.9. The molecule has 1 amide bonds. The summed E-state index contributed by atoms with van der Waals surface area (Å²) in [5.41, 5.74) is 2.65. The molecule has 0 saturated carbocycles. The van der Waals surface area contributed by atoms with Gasteiger partial charge >= 0.3 is 6.09 Å². The monoisotopic (exact) mass is 231 g/mol. The van der Waals surface area contributed by atoms with Crippen molar-refractivity contribution in [2.45, 2.75) is 20.3 Å². The van der Waals surface area contributed by atoms with Crippen molar-refractivity contribution < 1.29 is 9.53 Å². The second kappa shape index (κ2) is 5.04. The average molecular weight is 231 g/mol. The zero-order valence-corrected chi connectivity index (χ0v) is 10.3. The van der Waals surface area contributed by atoms with Crippen molar-refractivity contribution in [1.82, 2.24) is 4.90 Å². The zero-order chi connectivity index (χ0) is 12.3. The normalized spacial score (nSPS) is 16.0.